The van der Waals surface area contributed by atoms with Gasteiger partial charge in [0.15, 0.2) is 0 Å². The zero-order valence-electron chi connectivity index (χ0n) is 14.2. The highest BCUT2D eigenvalue weighted by Crippen LogP contribution is 2.42. The number of carboxylic acid groups (broad SMARTS) is 1. The van der Waals surface area contributed by atoms with E-state index in [1.165, 1.54) is 4.90 Å². The van der Waals surface area contributed by atoms with E-state index in [1.807, 2.05) is 0 Å². The average molecular weight is 363 g/mol. The highest BCUT2D eigenvalue weighted by Gasteiger charge is 2.41. The highest BCUT2D eigenvalue weighted by molar-refractivity contribution is 6.31. The van der Waals surface area contributed by atoms with E-state index in [9.17, 15) is 10.1 Å². The Kier molecular flexibility index (Phi) is 5.45. The van der Waals surface area contributed by atoms with Crippen molar-refractivity contribution in [2.24, 2.45) is 0 Å². The van der Waals surface area contributed by atoms with Crippen molar-refractivity contribution < 1.29 is 9.90 Å². The molecule has 0 spiro atoms. The summed E-state index contributed by atoms with van der Waals surface area (Å²) in [6, 6.07) is 6.46. The molecule has 0 unspecified atom stereocenters. The van der Waals surface area contributed by atoms with Gasteiger partial charge in [-0.2, -0.15) is 5.26 Å². The minimum absolute atomic E-state index is 0.401. The lowest BCUT2D eigenvalue weighted by Gasteiger charge is -2.39. The van der Waals surface area contributed by atoms with Crippen LogP contribution in [0.4, 0.5) is 4.79 Å². The van der Waals surface area contributed by atoms with Crippen LogP contribution in [0.25, 0.3) is 0 Å². The Morgan fingerprint density at radius 2 is 2.08 bits per heavy atom. The van der Waals surface area contributed by atoms with Gasteiger partial charge in [-0.1, -0.05) is 11.6 Å². The van der Waals surface area contributed by atoms with Crippen LogP contribution in [0.15, 0.2) is 18.3 Å². The molecule has 6 nitrogen and oxygen atoms in total. The van der Waals surface area contributed by atoms with Gasteiger partial charge in [0.05, 0.1) is 16.8 Å². The molecule has 3 rings (SSSR count). The molecule has 0 bridgehead atoms. The summed E-state index contributed by atoms with van der Waals surface area (Å²) in [5, 5.41) is 19.6. The molecule has 1 saturated carbocycles. The zero-order valence-corrected chi connectivity index (χ0v) is 15.0. The Bertz CT molecular complexity index is 667. The van der Waals surface area contributed by atoms with E-state index in [-0.39, 0.29) is 0 Å². The first-order valence-electron chi connectivity index (χ1n) is 8.80. The van der Waals surface area contributed by atoms with Crippen molar-refractivity contribution in [3.05, 3.63) is 29.0 Å². The van der Waals surface area contributed by atoms with Crippen LogP contribution in [0.2, 0.25) is 5.02 Å². The van der Waals surface area contributed by atoms with Crippen LogP contribution in [0, 0.1) is 11.3 Å². The minimum atomic E-state index is -0.834. The Morgan fingerprint density at radius 1 is 1.32 bits per heavy atom. The normalized spacial score (nSPS) is 28.2. The predicted molar refractivity (Wildman–Crippen MR) is 94.6 cm³/mol. The van der Waals surface area contributed by atoms with Crippen molar-refractivity contribution in [2.45, 2.75) is 43.6 Å². The van der Waals surface area contributed by atoms with Crippen LogP contribution in [0.3, 0.4) is 0 Å². The molecule has 1 saturated heterocycles. The highest BCUT2D eigenvalue weighted by atomic mass is 35.5. The van der Waals surface area contributed by atoms with Gasteiger partial charge in [0, 0.05) is 38.4 Å². The van der Waals surface area contributed by atoms with Gasteiger partial charge in [0.2, 0.25) is 0 Å². The number of amides is 1. The summed E-state index contributed by atoms with van der Waals surface area (Å²) in [5.41, 5.74) is 0.0962. The fourth-order valence-electron chi connectivity index (χ4n) is 4.09. The summed E-state index contributed by atoms with van der Waals surface area (Å²) >= 11 is 6.29. The fourth-order valence-corrected chi connectivity index (χ4v) is 4.40. The quantitative estimate of drug-likeness (QED) is 0.874. The molecule has 2 fully saturated rings. The Hall–Kier alpha value is -1.84. The predicted octanol–water partition coefficient (Wildman–Crippen LogP) is 3.12. The van der Waals surface area contributed by atoms with Crippen molar-refractivity contribution in [3.8, 4) is 6.07 Å². The van der Waals surface area contributed by atoms with E-state index in [0.717, 1.165) is 45.2 Å². The van der Waals surface area contributed by atoms with Gasteiger partial charge < -0.3 is 10.0 Å². The minimum Gasteiger partial charge on any atom is -0.465 e. The third kappa shape index (κ3) is 3.73. The summed E-state index contributed by atoms with van der Waals surface area (Å²) in [4.78, 5) is 19.4. The molecule has 1 aromatic rings. The third-order valence-corrected chi connectivity index (χ3v) is 5.86. The van der Waals surface area contributed by atoms with Gasteiger partial charge in [0.25, 0.3) is 0 Å². The second-order valence-corrected chi connectivity index (χ2v) is 7.33. The number of carbonyl (C=O) groups is 1. The number of rotatable bonds is 2. The van der Waals surface area contributed by atoms with Crippen LogP contribution < -0.4 is 0 Å². The Morgan fingerprint density at radius 3 is 2.72 bits per heavy atom. The van der Waals surface area contributed by atoms with Crippen LogP contribution >= 0.6 is 11.6 Å². The lowest BCUT2D eigenvalue weighted by molar-refractivity contribution is 0.130. The first-order chi connectivity index (χ1) is 12.1. The molecule has 1 N–H and O–H groups in total. The maximum atomic E-state index is 11.2. The first-order valence-corrected chi connectivity index (χ1v) is 9.18. The molecule has 25 heavy (non-hydrogen) atoms. The molecule has 0 atom stereocenters. The van der Waals surface area contributed by atoms with Crippen molar-refractivity contribution in [1.82, 2.24) is 14.8 Å². The molecule has 7 heteroatoms. The third-order valence-electron chi connectivity index (χ3n) is 5.55. The Labute approximate surface area is 153 Å². The molecular weight excluding hydrogens is 340 g/mol. The van der Waals surface area contributed by atoms with Crippen LogP contribution in [0.5, 0.6) is 0 Å². The number of nitrogens with zero attached hydrogens (tertiary/aromatic N) is 4. The number of hydrogen-bond donors (Lipinski definition) is 1. The van der Waals surface area contributed by atoms with Gasteiger partial charge in [-0.05, 0) is 44.2 Å². The summed E-state index contributed by atoms with van der Waals surface area (Å²) in [6.45, 7) is 2.84. The molecule has 0 radical (unpaired) electrons. The topological polar surface area (TPSA) is 80.5 Å². The Balaban J connectivity index is 1.66. The summed E-state index contributed by atoms with van der Waals surface area (Å²) in [5.74, 6) is 0. The molecule has 1 aliphatic heterocycles. The molecule has 0 aromatic carbocycles. The molecular formula is C18H23ClN4O2. The SMILES string of the molecule is N#CC1(c2ncccc2Cl)CCC(N2CCCN(C(=O)O)CC2)CC1. The maximum absolute atomic E-state index is 11.2. The van der Waals surface area contributed by atoms with Gasteiger partial charge in [-0.25, -0.2) is 4.79 Å². The van der Waals surface area contributed by atoms with Crippen molar-refractivity contribution in [2.75, 3.05) is 26.2 Å². The number of aromatic nitrogens is 1. The average Bonchev–Trinajstić information content (AvgIpc) is 2.88. The first kappa shape index (κ1) is 18.0. The van der Waals surface area contributed by atoms with E-state index in [1.54, 1.807) is 18.3 Å². The van der Waals surface area contributed by atoms with Crippen molar-refractivity contribution in [1.29, 1.82) is 5.26 Å². The van der Waals surface area contributed by atoms with Gasteiger partial charge in [-0.15, -0.1) is 0 Å². The van der Waals surface area contributed by atoms with E-state index >= 15 is 0 Å². The summed E-state index contributed by atoms with van der Waals surface area (Å²) in [6.07, 6.45) is 5.02. The number of halogens is 1. The second kappa shape index (κ2) is 7.59. The number of nitriles is 1. The monoisotopic (exact) mass is 362 g/mol. The molecule has 2 aliphatic rings. The van der Waals surface area contributed by atoms with E-state index in [0.29, 0.717) is 29.8 Å². The smallest absolute Gasteiger partial charge is 0.407 e. The summed E-state index contributed by atoms with van der Waals surface area (Å²) < 4.78 is 0. The standard InChI is InChI=1S/C18H23ClN4O2/c19-15-3-1-8-21-16(15)18(13-20)6-4-14(5-7-18)22-9-2-10-23(12-11-22)17(24)25/h1,3,8,14H,2,4-7,9-12H2,(H,24,25). The van der Waals surface area contributed by atoms with Gasteiger partial charge in [0.1, 0.15) is 5.41 Å². The van der Waals surface area contributed by atoms with Crippen molar-refractivity contribution in [3.63, 3.8) is 0 Å². The molecule has 134 valence electrons. The van der Waals surface area contributed by atoms with Crippen LogP contribution in [-0.4, -0.2) is 58.2 Å². The van der Waals surface area contributed by atoms with Crippen molar-refractivity contribution >= 4 is 17.7 Å². The fraction of sp³-hybridized carbons (Fsp3) is 0.611. The number of pyridine rings is 1. The maximum Gasteiger partial charge on any atom is 0.407 e. The molecule has 1 aromatic heterocycles. The van der Waals surface area contributed by atoms with E-state index in [2.05, 4.69) is 16.0 Å². The molecule has 1 aliphatic carbocycles. The lowest BCUT2D eigenvalue weighted by atomic mass is 9.71. The van der Waals surface area contributed by atoms with Crippen LogP contribution in [0.1, 0.15) is 37.8 Å². The molecule has 1 amide bonds. The molecule has 2 heterocycles. The van der Waals surface area contributed by atoms with Gasteiger partial charge >= 0.3 is 6.09 Å². The number of hydrogen-bond acceptors (Lipinski definition) is 4. The second-order valence-electron chi connectivity index (χ2n) is 6.92. The van der Waals surface area contributed by atoms with Gasteiger partial charge in [-0.3, -0.25) is 9.88 Å². The van der Waals surface area contributed by atoms with E-state index < -0.39 is 11.5 Å². The zero-order chi connectivity index (χ0) is 17.9. The largest absolute Gasteiger partial charge is 0.465 e. The van der Waals surface area contributed by atoms with E-state index in [4.69, 9.17) is 16.7 Å². The lowest BCUT2D eigenvalue weighted by Crippen LogP contribution is -2.44. The van der Waals surface area contributed by atoms with Crippen LogP contribution in [-0.2, 0) is 5.41 Å². The summed E-state index contributed by atoms with van der Waals surface area (Å²) in [7, 11) is 0.